The van der Waals surface area contributed by atoms with Gasteiger partial charge in [0.1, 0.15) is 29.5 Å². The molecule has 0 spiro atoms. The SMILES string of the molecule is COc1ccc(C(OCC(C)CCCOCCSSCCCN(C)CCOc2ccc3c(c2)CC[C@@H]2[C@@H]3CC[C@]3(C)[C@@H](OCCCOC(C(F)(F)F)(C(F)(F)F)C(F)(F)F)CC[C@@H]23)(c2ccccc2)c2ccc(OC)cc2)cc1. The lowest BCUT2D eigenvalue weighted by molar-refractivity contribution is -0.457. The Labute approximate surface area is 467 Å². The zero-order valence-electron chi connectivity index (χ0n) is 45.8. The first-order valence-corrected chi connectivity index (χ1v) is 29.9. The van der Waals surface area contributed by atoms with E-state index >= 15 is 0 Å². The Morgan fingerprint density at radius 2 is 1.25 bits per heavy atom. The monoisotopic (exact) mass is 1160 g/mol. The van der Waals surface area contributed by atoms with Crippen molar-refractivity contribution < 1.29 is 72.7 Å². The van der Waals surface area contributed by atoms with Crippen molar-refractivity contribution in [2.45, 2.75) is 120 Å². The number of rotatable bonds is 30. The number of alkyl halides is 9. The number of halogens is 9. The van der Waals surface area contributed by atoms with Crippen LogP contribution in [0.1, 0.15) is 105 Å². The van der Waals surface area contributed by atoms with E-state index in [-0.39, 0.29) is 18.1 Å². The van der Waals surface area contributed by atoms with E-state index in [4.69, 9.17) is 28.4 Å². The minimum atomic E-state index is -6.75. The van der Waals surface area contributed by atoms with Crippen molar-refractivity contribution in [2.24, 2.45) is 23.2 Å². The molecule has 7 rings (SSSR count). The number of hydrogen-bond donors (Lipinski definition) is 0. The molecule has 0 amide bonds. The maximum Gasteiger partial charge on any atom is 0.435 e. The summed E-state index contributed by atoms with van der Waals surface area (Å²) < 4.78 is 159. The molecule has 3 aliphatic rings. The third-order valence-corrected chi connectivity index (χ3v) is 18.8. The van der Waals surface area contributed by atoms with Gasteiger partial charge in [0.2, 0.25) is 0 Å². The summed E-state index contributed by atoms with van der Waals surface area (Å²) in [5.41, 5.74) is -1.71. The molecule has 0 saturated heterocycles. The fraction of sp³-hybridized carbons (Fsp3) is 0.600. The van der Waals surface area contributed by atoms with Crippen LogP contribution in [-0.2, 0) is 31.0 Å². The minimum Gasteiger partial charge on any atom is -0.497 e. The van der Waals surface area contributed by atoms with Crippen LogP contribution in [0.25, 0.3) is 0 Å². The molecule has 0 aromatic heterocycles. The predicted octanol–water partition coefficient (Wildman–Crippen LogP) is 15.3. The molecule has 438 valence electrons. The van der Waals surface area contributed by atoms with Gasteiger partial charge < -0.3 is 38.1 Å². The first-order valence-electron chi connectivity index (χ1n) is 27.4. The summed E-state index contributed by atoms with van der Waals surface area (Å²) in [5, 5.41) is 0. The fourth-order valence-corrected chi connectivity index (χ4v) is 14.1. The van der Waals surface area contributed by atoms with E-state index < -0.39 is 42.8 Å². The average molecular weight is 1160 g/mol. The zero-order valence-corrected chi connectivity index (χ0v) is 47.4. The molecule has 2 saturated carbocycles. The number of ether oxygens (including phenoxy) is 7. The molecular formula is C60H76F9NO7S2. The summed E-state index contributed by atoms with van der Waals surface area (Å²) in [5.74, 6) is 5.69. The van der Waals surface area contributed by atoms with Crippen molar-refractivity contribution in [3.8, 4) is 17.2 Å². The summed E-state index contributed by atoms with van der Waals surface area (Å²) in [6.45, 7) is 6.89. The summed E-state index contributed by atoms with van der Waals surface area (Å²) in [4.78, 5) is 2.29. The van der Waals surface area contributed by atoms with Crippen LogP contribution in [0.2, 0.25) is 0 Å². The molecule has 4 aromatic rings. The van der Waals surface area contributed by atoms with Gasteiger partial charge in [-0.1, -0.05) is 96.1 Å². The van der Waals surface area contributed by atoms with Crippen LogP contribution in [0.5, 0.6) is 17.2 Å². The second-order valence-electron chi connectivity index (χ2n) is 21.5. The van der Waals surface area contributed by atoms with Crippen molar-refractivity contribution in [3.05, 3.63) is 125 Å². The van der Waals surface area contributed by atoms with Gasteiger partial charge in [0.15, 0.2) is 0 Å². The quantitative estimate of drug-likeness (QED) is 0.0218. The molecule has 3 aliphatic carbocycles. The number of hydrogen-bond acceptors (Lipinski definition) is 10. The second kappa shape index (κ2) is 27.9. The lowest BCUT2D eigenvalue weighted by Gasteiger charge is -2.50. The molecule has 4 aromatic carbocycles. The third kappa shape index (κ3) is 14.9. The van der Waals surface area contributed by atoms with Crippen LogP contribution in [0, 0.1) is 23.2 Å². The maximum absolute atomic E-state index is 13.3. The van der Waals surface area contributed by atoms with Crippen LogP contribution in [0.15, 0.2) is 97.1 Å². The fourth-order valence-electron chi connectivity index (χ4n) is 12.2. The molecule has 0 N–H and O–H groups in total. The molecule has 79 heavy (non-hydrogen) atoms. The summed E-state index contributed by atoms with van der Waals surface area (Å²) >= 11 is 0. The summed E-state index contributed by atoms with van der Waals surface area (Å²) in [6.07, 6.45) is -13.1. The van der Waals surface area contributed by atoms with Gasteiger partial charge in [-0.3, -0.25) is 0 Å². The molecule has 0 radical (unpaired) electrons. The molecule has 1 unspecified atom stereocenters. The lowest BCUT2D eigenvalue weighted by Crippen LogP contribution is -2.67. The van der Waals surface area contributed by atoms with Gasteiger partial charge in [-0.25, -0.2) is 0 Å². The smallest absolute Gasteiger partial charge is 0.435 e. The number of aryl methyl sites for hydroxylation is 1. The molecule has 0 heterocycles. The molecule has 19 heteroatoms. The standard InChI is InChI=1S/C60H76F9NO7S2/c1-42(41-77-56(44-13-7-6-8-14-44,45-16-20-47(71-4)21-17-45)46-18-22-48(72-5)23-19-46)12-9-33-73-37-39-79-78-38-10-31-70(3)32-36-74-49-24-26-50-43(40-49)15-25-52-51(50)29-30-55(2)53(52)27-28-54(55)75-34-11-35-76-57(58(61,62)63,59(64,65)66)60(67,68)69/h6-8,13-14,16-24,26,40,42,51-54H,9-12,15,25,27-39,41H2,1-5H3/t42?,51-,52-,53+,54+,55+/m1/s1. The predicted molar refractivity (Wildman–Crippen MR) is 292 cm³/mol. The Bertz CT molecular complexity index is 2380. The Morgan fingerprint density at radius 1 is 0.633 bits per heavy atom. The number of nitrogens with zero attached hydrogens (tertiary/aromatic N) is 1. The van der Waals surface area contributed by atoms with E-state index in [1.165, 1.54) is 11.1 Å². The van der Waals surface area contributed by atoms with Gasteiger partial charge >= 0.3 is 24.1 Å². The van der Waals surface area contributed by atoms with Crippen LogP contribution in [0.3, 0.4) is 0 Å². The van der Waals surface area contributed by atoms with Gasteiger partial charge in [-0.05, 0) is 171 Å². The van der Waals surface area contributed by atoms with Crippen molar-refractivity contribution in [2.75, 3.05) is 85.5 Å². The number of fused-ring (bicyclic) bond motifs is 5. The largest absolute Gasteiger partial charge is 0.497 e. The summed E-state index contributed by atoms with van der Waals surface area (Å²) in [6, 6.07) is 32.9. The Kier molecular flexibility index (Phi) is 22.2. The highest BCUT2D eigenvalue weighted by atomic mass is 33.1. The molecule has 6 atom stereocenters. The van der Waals surface area contributed by atoms with Gasteiger partial charge in [0.25, 0.3) is 0 Å². The van der Waals surface area contributed by atoms with Gasteiger partial charge in [-0.2, -0.15) is 39.5 Å². The lowest BCUT2D eigenvalue weighted by atomic mass is 9.55. The Balaban J connectivity index is 0.748. The van der Waals surface area contributed by atoms with Crippen LogP contribution < -0.4 is 14.2 Å². The Hall–Kier alpha value is -3.85. The van der Waals surface area contributed by atoms with E-state index in [0.717, 1.165) is 110 Å². The van der Waals surface area contributed by atoms with E-state index in [9.17, 15) is 39.5 Å². The van der Waals surface area contributed by atoms with Crippen molar-refractivity contribution in [3.63, 3.8) is 0 Å². The van der Waals surface area contributed by atoms with Crippen molar-refractivity contribution >= 4 is 21.6 Å². The van der Waals surface area contributed by atoms with Crippen LogP contribution in [0.4, 0.5) is 39.5 Å². The highest BCUT2D eigenvalue weighted by Crippen LogP contribution is 2.62. The maximum atomic E-state index is 13.3. The normalized spacial score (nSPS) is 21.1. The molecule has 0 aliphatic heterocycles. The highest BCUT2D eigenvalue weighted by Gasteiger charge is 2.85. The van der Waals surface area contributed by atoms with Gasteiger partial charge in [-0.15, -0.1) is 0 Å². The first-order chi connectivity index (χ1) is 37.7. The minimum absolute atomic E-state index is 0.271. The van der Waals surface area contributed by atoms with E-state index in [2.05, 4.69) is 79.1 Å². The van der Waals surface area contributed by atoms with Crippen molar-refractivity contribution in [1.29, 1.82) is 0 Å². The zero-order chi connectivity index (χ0) is 56.9. The topological polar surface area (TPSA) is 67.9 Å². The van der Waals surface area contributed by atoms with Gasteiger partial charge in [0, 0.05) is 31.3 Å². The molecule has 2 fully saturated rings. The van der Waals surface area contributed by atoms with Gasteiger partial charge in [0.05, 0.1) is 40.1 Å². The number of benzene rings is 4. The molecular weight excluding hydrogens is 1080 g/mol. The van der Waals surface area contributed by atoms with Crippen LogP contribution in [-0.4, -0.2) is 121 Å². The highest BCUT2D eigenvalue weighted by molar-refractivity contribution is 8.76. The first kappa shape index (κ1) is 62.7. The molecule has 0 bridgehead atoms. The summed E-state index contributed by atoms with van der Waals surface area (Å²) in [7, 11) is 9.17. The number of likely N-dealkylation sites (N-methyl/N-ethyl adjacent to an activating group) is 1. The third-order valence-electron chi connectivity index (χ3n) is 16.4. The van der Waals surface area contributed by atoms with E-state index in [1.807, 2.05) is 70.1 Å². The van der Waals surface area contributed by atoms with Crippen molar-refractivity contribution in [1.82, 2.24) is 4.90 Å². The average Bonchev–Trinajstić information content (AvgIpc) is 4.04. The second-order valence-corrected chi connectivity index (χ2v) is 24.2. The van der Waals surface area contributed by atoms with E-state index in [0.29, 0.717) is 56.5 Å². The number of methoxy groups -OCH3 is 2. The van der Waals surface area contributed by atoms with Crippen LogP contribution >= 0.6 is 21.6 Å². The Morgan fingerprint density at radius 3 is 1.89 bits per heavy atom. The van der Waals surface area contributed by atoms with E-state index in [1.54, 1.807) is 14.2 Å². The molecule has 8 nitrogen and oxygen atoms in total.